The lowest BCUT2D eigenvalue weighted by Crippen LogP contribution is -2.14. The molecule has 2 N–H and O–H groups in total. The standard InChI is InChI=1S/C7H5ClN6O/c8-4-1-2-9-5(3-4)6(15)10-7-11-13-14-12-7/h1-3H,(H2,10,11,12,13,14,15). The Labute approximate surface area is 88.9 Å². The molecule has 2 rings (SSSR count). The quantitative estimate of drug-likeness (QED) is 0.774. The Bertz CT molecular complexity index is 470. The monoisotopic (exact) mass is 224 g/mol. The second kappa shape index (κ2) is 4.01. The SMILES string of the molecule is O=C(Nc1nn[nH]n1)c1cc(Cl)ccn1. The summed E-state index contributed by atoms with van der Waals surface area (Å²) in [7, 11) is 0. The van der Waals surface area contributed by atoms with Crippen molar-refractivity contribution in [3.8, 4) is 0 Å². The van der Waals surface area contributed by atoms with Gasteiger partial charge in [-0.05, 0) is 17.3 Å². The molecule has 7 nitrogen and oxygen atoms in total. The fourth-order valence-corrected chi connectivity index (χ4v) is 1.07. The van der Waals surface area contributed by atoms with Gasteiger partial charge in [0.15, 0.2) is 0 Å². The second-order valence-electron chi connectivity index (χ2n) is 2.55. The molecule has 0 aliphatic rings. The molecule has 0 saturated carbocycles. The summed E-state index contributed by atoms with van der Waals surface area (Å²) in [6.45, 7) is 0. The van der Waals surface area contributed by atoms with Crippen molar-refractivity contribution in [2.75, 3.05) is 5.32 Å². The summed E-state index contributed by atoms with van der Waals surface area (Å²) in [4.78, 5) is 15.3. The van der Waals surface area contributed by atoms with Gasteiger partial charge in [0.1, 0.15) is 5.69 Å². The highest BCUT2D eigenvalue weighted by molar-refractivity contribution is 6.30. The maximum absolute atomic E-state index is 11.5. The summed E-state index contributed by atoms with van der Waals surface area (Å²) in [5.74, 6) is -0.360. The summed E-state index contributed by atoms with van der Waals surface area (Å²) in [5, 5.41) is 15.4. The molecule has 0 spiro atoms. The zero-order valence-corrected chi connectivity index (χ0v) is 8.06. The molecule has 8 heteroatoms. The lowest BCUT2D eigenvalue weighted by Gasteiger charge is -1.99. The van der Waals surface area contributed by atoms with Crippen LogP contribution in [0.25, 0.3) is 0 Å². The third-order valence-electron chi connectivity index (χ3n) is 1.53. The van der Waals surface area contributed by atoms with Crippen molar-refractivity contribution in [1.29, 1.82) is 0 Å². The van der Waals surface area contributed by atoms with E-state index in [-0.39, 0.29) is 11.6 Å². The van der Waals surface area contributed by atoms with Crippen LogP contribution in [0.3, 0.4) is 0 Å². The number of H-pyrrole nitrogens is 1. The Morgan fingerprint density at radius 1 is 1.53 bits per heavy atom. The van der Waals surface area contributed by atoms with E-state index in [2.05, 4.69) is 30.9 Å². The number of hydrogen-bond donors (Lipinski definition) is 2. The number of rotatable bonds is 2. The molecule has 0 aromatic carbocycles. The van der Waals surface area contributed by atoms with Crippen molar-refractivity contribution in [3.63, 3.8) is 0 Å². The molecule has 2 aromatic rings. The number of hydrogen-bond acceptors (Lipinski definition) is 5. The number of aromatic amines is 1. The maximum Gasteiger partial charge on any atom is 0.276 e. The summed E-state index contributed by atoms with van der Waals surface area (Å²) < 4.78 is 0. The second-order valence-corrected chi connectivity index (χ2v) is 2.99. The predicted molar refractivity (Wildman–Crippen MR) is 51.4 cm³/mol. The van der Waals surface area contributed by atoms with E-state index in [0.717, 1.165) is 0 Å². The van der Waals surface area contributed by atoms with Crippen LogP contribution in [0.4, 0.5) is 5.95 Å². The third-order valence-corrected chi connectivity index (χ3v) is 1.76. The Morgan fingerprint density at radius 3 is 3.07 bits per heavy atom. The molecule has 76 valence electrons. The molecule has 0 aliphatic carbocycles. The number of nitrogens with one attached hydrogen (secondary N) is 2. The number of nitrogens with zero attached hydrogens (tertiary/aromatic N) is 4. The summed E-state index contributed by atoms with van der Waals surface area (Å²) in [6, 6.07) is 3.02. The van der Waals surface area contributed by atoms with Crippen LogP contribution in [0.5, 0.6) is 0 Å². The number of tetrazole rings is 1. The lowest BCUT2D eigenvalue weighted by molar-refractivity contribution is 0.102. The zero-order chi connectivity index (χ0) is 10.7. The number of halogens is 1. The Morgan fingerprint density at radius 2 is 2.40 bits per heavy atom. The molecular formula is C7H5ClN6O. The minimum atomic E-state index is -0.445. The fraction of sp³-hybridized carbons (Fsp3) is 0. The molecule has 2 heterocycles. The van der Waals surface area contributed by atoms with Gasteiger partial charge in [0.05, 0.1) is 0 Å². The molecule has 0 radical (unpaired) electrons. The first-order chi connectivity index (χ1) is 7.25. The van der Waals surface area contributed by atoms with E-state index < -0.39 is 5.91 Å². The predicted octanol–water partition coefficient (Wildman–Crippen LogP) is 0.500. The Kier molecular flexibility index (Phi) is 2.55. The van der Waals surface area contributed by atoms with Crippen LogP contribution in [0.1, 0.15) is 10.5 Å². The number of pyridine rings is 1. The van der Waals surface area contributed by atoms with E-state index in [4.69, 9.17) is 11.6 Å². The van der Waals surface area contributed by atoms with Crippen LogP contribution in [-0.2, 0) is 0 Å². The van der Waals surface area contributed by atoms with Crippen molar-refractivity contribution in [2.24, 2.45) is 0 Å². The van der Waals surface area contributed by atoms with Gasteiger partial charge in [-0.25, -0.2) is 0 Å². The van der Waals surface area contributed by atoms with Crippen molar-refractivity contribution < 1.29 is 4.79 Å². The number of carbonyl (C=O) groups excluding carboxylic acids is 1. The molecule has 0 bridgehead atoms. The number of amides is 1. The highest BCUT2D eigenvalue weighted by Crippen LogP contribution is 2.08. The van der Waals surface area contributed by atoms with Gasteiger partial charge in [-0.15, -0.1) is 5.10 Å². The Hall–Kier alpha value is -2.02. The first kappa shape index (κ1) is 9.53. The van der Waals surface area contributed by atoms with Gasteiger partial charge in [-0.3, -0.25) is 15.1 Å². The minimum Gasteiger partial charge on any atom is -0.286 e. The maximum atomic E-state index is 11.5. The van der Waals surface area contributed by atoms with Gasteiger partial charge < -0.3 is 0 Å². The smallest absolute Gasteiger partial charge is 0.276 e. The van der Waals surface area contributed by atoms with E-state index in [9.17, 15) is 4.79 Å². The topological polar surface area (TPSA) is 96.5 Å². The largest absolute Gasteiger partial charge is 0.286 e. The number of anilines is 1. The average Bonchev–Trinajstić information content (AvgIpc) is 2.70. The summed E-state index contributed by atoms with van der Waals surface area (Å²) >= 11 is 5.70. The number of carbonyl (C=O) groups is 1. The van der Waals surface area contributed by atoms with Crippen molar-refractivity contribution in [1.82, 2.24) is 25.6 Å². The fourth-order valence-electron chi connectivity index (χ4n) is 0.909. The Balaban J connectivity index is 2.15. The van der Waals surface area contributed by atoms with Crippen LogP contribution >= 0.6 is 11.6 Å². The van der Waals surface area contributed by atoms with E-state index in [1.807, 2.05) is 0 Å². The lowest BCUT2D eigenvalue weighted by atomic mass is 10.3. The van der Waals surface area contributed by atoms with E-state index in [1.165, 1.54) is 12.3 Å². The highest BCUT2D eigenvalue weighted by atomic mass is 35.5. The molecule has 0 aliphatic heterocycles. The normalized spacial score (nSPS) is 9.93. The van der Waals surface area contributed by atoms with Crippen LogP contribution in [0.15, 0.2) is 18.3 Å². The first-order valence-corrected chi connectivity index (χ1v) is 4.30. The minimum absolute atomic E-state index is 0.0850. The highest BCUT2D eigenvalue weighted by Gasteiger charge is 2.09. The van der Waals surface area contributed by atoms with E-state index in [0.29, 0.717) is 5.02 Å². The van der Waals surface area contributed by atoms with Gasteiger partial charge in [0, 0.05) is 11.2 Å². The van der Waals surface area contributed by atoms with Crippen LogP contribution < -0.4 is 5.32 Å². The van der Waals surface area contributed by atoms with Crippen LogP contribution in [0, 0.1) is 0 Å². The molecule has 15 heavy (non-hydrogen) atoms. The molecule has 1 amide bonds. The van der Waals surface area contributed by atoms with E-state index >= 15 is 0 Å². The first-order valence-electron chi connectivity index (χ1n) is 3.92. The van der Waals surface area contributed by atoms with Crippen molar-refractivity contribution in [2.45, 2.75) is 0 Å². The van der Waals surface area contributed by atoms with Crippen molar-refractivity contribution in [3.05, 3.63) is 29.0 Å². The third kappa shape index (κ3) is 2.26. The summed E-state index contributed by atoms with van der Waals surface area (Å²) in [5.41, 5.74) is 0.187. The molecule has 0 saturated heterocycles. The molecule has 0 unspecified atom stereocenters. The van der Waals surface area contributed by atoms with Gasteiger partial charge in [0.2, 0.25) is 0 Å². The van der Waals surface area contributed by atoms with Gasteiger partial charge in [-0.2, -0.15) is 5.21 Å². The van der Waals surface area contributed by atoms with Crippen LogP contribution in [-0.4, -0.2) is 31.5 Å². The van der Waals surface area contributed by atoms with Crippen molar-refractivity contribution >= 4 is 23.5 Å². The summed E-state index contributed by atoms with van der Waals surface area (Å²) in [6.07, 6.45) is 1.44. The molecular weight excluding hydrogens is 220 g/mol. The van der Waals surface area contributed by atoms with E-state index in [1.54, 1.807) is 6.07 Å². The van der Waals surface area contributed by atoms with Gasteiger partial charge in [-0.1, -0.05) is 16.7 Å². The number of aromatic nitrogens is 5. The van der Waals surface area contributed by atoms with Crippen LogP contribution in [0.2, 0.25) is 5.02 Å². The van der Waals surface area contributed by atoms with Gasteiger partial charge >= 0.3 is 0 Å². The zero-order valence-electron chi connectivity index (χ0n) is 7.31. The average molecular weight is 225 g/mol. The molecule has 2 aromatic heterocycles. The molecule has 0 atom stereocenters. The molecule has 0 fully saturated rings. The van der Waals surface area contributed by atoms with Gasteiger partial charge in [0.25, 0.3) is 11.9 Å².